The monoisotopic (exact) mass is 632 g/mol. The zero-order valence-electron chi connectivity index (χ0n) is 24.9. The van der Waals surface area contributed by atoms with E-state index in [0.717, 1.165) is 22.3 Å². The number of thioether (sulfide) groups is 1. The van der Waals surface area contributed by atoms with Crippen LogP contribution in [0.3, 0.4) is 0 Å². The number of carbonyl (C=O) groups is 3. The van der Waals surface area contributed by atoms with Gasteiger partial charge >= 0.3 is 0 Å². The van der Waals surface area contributed by atoms with Gasteiger partial charge in [-0.15, -0.1) is 16.9 Å². The molecule has 11 heteroatoms. The average Bonchev–Trinajstić information content (AvgIpc) is 3.64. The lowest BCUT2D eigenvalue weighted by molar-refractivity contribution is -0.146. The molecule has 5 heterocycles. The van der Waals surface area contributed by atoms with Gasteiger partial charge in [0.25, 0.3) is 0 Å². The lowest BCUT2D eigenvalue weighted by Gasteiger charge is -2.38. The van der Waals surface area contributed by atoms with Crippen LogP contribution in [0.2, 0.25) is 0 Å². The SMILES string of the molecule is O=C1C2N([C@H](CO)c3ccccc3)C(=O)[C@@H]3[C@@H]4C(=O)N(c5ccccc5)CC=C[C@@H]4S[C@]23C=CCN1Cn1nnc2ccccc21. The van der Waals surface area contributed by atoms with Crippen LogP contribution < -0.4 is 4.90 Å². The Hall–Kier alpha value is -4.74. The summed E-state index contributed by atoms with van der Waals surface area (Å²) in [5.41, 5.74) is 3.00. The number of fused-ring (bicyclic) bond motifs is 3. The third-order valence-electron chi connectivity index (χ3n) is 9.67. The van der Waals surface area contributed by atoms with E-state index in [1.165, 1.54) is 11.8 Å². The number of aliphatic hydroxyl groups excluding tert-OH is 1. The number of nitrogens with zero attached hydrogens (tertiary/aromatic N) is 6. The number of rotatable bonds is 6. The van der Waals surface area contributed by atoms with Gasteiger partial charge in [0.05, 0.1) is 34.7 Å². The molecule has 0 aliphatic carbocycles. The average molecular weight is 633 g/mol. The molecule has 46 heavy (non-hydrogen) atoms. The number of aliphatic hydroxyl groups is 1. The summed E-state index contributed by atoms with van der Waals surface area (Å²) in [6.45, 7) is 0.457. The fraction of sp³-hybridized carbons (Fsp3) is 0.286. The Morgan fingerprint density at radius 1 is 0.870 bits per heavy atom. The molecule has 4 aliphatic heterocycles. The van der Waals surface area contributed by atoms with Crippen molar-refractivity contribution < 1.29 is 19.5 Å². The van der Waals surface area contributed by atoms with Crippen LogP contribution in [0.4, 0.5) is 5.69 Å². The number of carbonyl (C=O) groups excluding carboxylic acids is 3. The van der Waals surface area contributed by atoms with E-state index in [1.807, 2.05) is 109 Å². The first-order valence-corrected chi connectivity index (χ1v) is 16.3. The highest BCUT2D eigenvalue weighted by Gasteiger charge is 2.72. The van der Waals surface area contributed by atoms with Gasteiger partial charge in [0, 0.05) is 24.0 Å². The van der Waals surface area contributed by atoms with E-state index < -0.39 is 28.7 Å². The summed E-state index contributed by atoms with van der Waals surface area (Å²) >= 11 is 1.52. The van der Waals surface area contributed by atoms with Crippen molar-refractivity contribution in [1.29, 1.82) is 0 Å². The van der Waals surface area contributed by atoms with Crippen molar-refractivity contribution in [3.8, 4) is 0 Å². The molecule has 0 bridgehead atoms. The number of anilines is 1. The molecule has 4 aromatic rings. The van der Waals surface area contributed by atoms with Gasteiger partial charge in [-0.25, -0.2) is 4.68 Å². The van der Waals surface area contributed by atoms with Crippen molar-refractivity contribution >= 4 is 46.2 Å². The molecule has 1 unspecified atom stereocenters. The molecular formula is C35H32N6O4S. The summed E-state index contributed by atoms with van der Waals surface area (Å²) in [6.07, 6.45) is 7.95. The van der Waals surface area contributed by atoms with E-state index in [0.29, 0.717) is 13.1 Å². The smallest absolute Gasteiger partial charge is 0.248 e. The molecule has 0 radical (unpaired) electrons. The summed E-state index contributed by atoms with van der Waals surface area (Å²) in [5.74, 6) is -2.19. The number of likely N-dealkylation sites (tertiary alicyclic amines) is 1. The topological polar surface area (TPSA) is 112 Å². The highest BCUT2D eigenvalue weighted by atomic mass is 32.2. The maximum atomic E-state index is 14.9. The third-order valence-corrected chi connectivity index (χ3v) is 11.4. The van der Waals surface area contributed by atoms with Gasteiger partial charge in [0.15, 0.2) is 0 Å². The molecule has 3 amide bonds. The van der Waals surface area contributed by atoms with Crippen LogP contribution in [0.15, 0.2) is 109 Å². The van der Waals surface area contributed by atoms with Crippen molar-refractivity contribution in [1.82, 2.24) is 24.8 Å². The first-order chi connectivity index (χ1) is 22.5. The normalized spacial score (nSPS) is 27.8. The molecule has 2 fully saturated rings. The number of hydrogen-bond donors (Lipinski definition) is 1. The first-order valence-electron chi connectivity index (χ1n) is 15.5. The molecule has 3 aromatic carbocycles. The minimum atomic E-state index is -1.02. The lowest BCUT2D eigenvalue weighted by Crippen LogP contribution is -2.54. The molecular weight excluding hydrogens is 600 g/mol. The molecule has 10 nitrogen and oxygen atoms in total. The van der Waals surface area contributed by atoms with Crippen molar-refractivity contribution in [3.05, 3.63) is 115 Å². The van der Waals surface area contributed by atoms with E-state index in [9.17, 15) is 19.5 Å². The van der Waals surface area contributed by atoms with Crippen LogP contribution in [-0.4, -0.2) is 83.4 Å². The molecule has 2 saturated heterocycles. The first kappa shape index (κ1) is 28.7. The number of aromatic nitrogens is 3. The molecule has 6 atom stereocenters. The highest BCUT2D eigenvalue weighted by molar-refractivity contribution is 8.02. The van der Waals surface area contributed by atoms with Gasteiger partial charge in [-0.2, -0.15) is 0 Å². The van der Waals surface area contributed by atoms with E-state index in [2.05, 4.69) is 10.3 Å². The number of amides is 3. The summed E-state index contributed by atoms with van der Waals surface area (Å²) in [4.78, 5) is 49.3. The Kier molecular flexibility index (Phi) is 7.02. The Morgan fingerprint density at radius 3 is 2.39 bits per heavy atom. The minimum absolute atomic E-state index is 0.135. The Morgan fingerprint density at radius 2 is 1.61 bits per heavy atom. The van der Waals surface area contributed by atoms with Crippen LogP contribution in [0.1, 0.15) is 11.6 Å². The van der Waals surface area contributed by atoms with Crippen LogP contribution in [0, 0.1) is 11.8 Å². The Balaban J connectivity index is 1.24. The third kappa shape index (κ3) is 4.33. The lowest BCUT2D eigenvalue weighted by atomic mass is 9.78. The largest absolute Gasteiger partial charge is 0.394 e. The second-order valence-corrected chi connectivity index (χ2v) is 13.6. The molecule has 1 aromatic heterocycles. The van der Waals surface area contributed by atoms with Gasteiger partial charge in [-0.05, 0) is 29.8 Å². The van der Waals surface area contributed by atoms with Crippen molar-refractivity contribution in [3.63, 3.8) is 0 Å². The molecule has 4 aliphatic rings. The summed E-state index contributed by atoms with van der Waals surface area (Å²) in [7, 11) is 0. The number of para-hydroxylation sites is 2. The highest BCUT2D eigenvalue weighted by Crippen LogP contribution is 2.62. The maximum Gasteiger partial charge on any atom is 0.248 e. The zero-order valence-corrected chi connectivity index (χ0v) is 25.7. The number of hydrogen-bond acceptors (Lipinski definition) is 7. The summed E-state index contributed by atoms with van der Waals surface area (Å²) < 4.78 is 0.665. The van der Waals surface area contributed by atoms with Crippen LogP contribution in [-0.2, 0) is 21.1 Å². The van der Waals surface area contributed by atoms with Crippen LogP contribution in [0.25, 0.3) is 11.0 Å². The Bertz CT molecular complexity index is 1880. The maximum absolute atomic E-state index is 14.9. The predicted molar refractivity (Wildman–Crippen MR) is 174 cm³/mol. The standard InChI is InChI=1S/C35H32N6O4S/c42-21-27(23-11-3-1-4-12-23)41-31-34(45)38(22-40-26-16-8-7-15-25(26)36-37-40)19-10-18-35(31)30(33(41)44)29-28(46-35)17-9-20-39(32(29)43)24-13-5-2-6-14-24/h1-18,27-31,42H,19-22H2/t27-,28+,29-,30+,31?,35+/m1/s1. The van der Waals surface area contributed by atoms with E-state index >= 15 is 0 Å². The number of benzene rings is 3. The van der Waals surface area contributed by atoms with Gasteiger partial charge < -0.3 is 19.8 Å². The second kappa shape index (κ2) is 11.3. The van der Waals surface area contributed by atoms with E-state index in [1.54, 1.807) is 19.4 Å². The van der Waals surface area contributed by atoms with Gasteiger partial charge in [-0.1, -0.05) is 90.2 Å². The fourth-order valence-corrected chi connectivity index (χ4v) is 9.63. The quantitative estimate of drug-likeness (QED) is 0.325. The molecule has 8 rings (SSSR count). The summed E-state index contributed by atoms with van der Waals surface area (Å²) in [5, 5.41) is 19.1. The summed E-state index contributed by atoms with van der Waals surface area (Å²) in [6, 6.07) is 24.6. The van der Waals surface area contributed by atoms with Gasteiger partial charge in [0.2, 0.25) is 17.7 Å². The van der Waals surface area contributed by atoms with E-state index in [-0.39, 0.29) is 36.2 Å². The minimum Gasteiger partial charge on any atom is -0.394 e. The fourth-order valence-electron chi connectivity index (χ4n) is 7.64. The molecule has 0 saturated carbocycles. The van der Waals surface area contributed by atoms with Crippen molar-refractivity contribution in [2.24, 2.45) is 11.8 Å². The van der Waals surface area contributed by atoms with Crippen molar-refractivity contribution in [2.75, 3.05) is 24.6 Å². The van der Waals surface area contributed by atoms with Gasteiger partial charge in [0.1, 0.15) is 18.2 Å². The molecule has 232 valence electrons. The molecule has 1 spiro atoms. The van der Waals surface area contributed by atoms with Gasteiger partial charge in [-0.3, -0.25) is 14.4 Å². The predicted octanol–water partition coefficient (Wildman–Crippen LogP) is 3.42. The van der Waals surface area contributed by atoms with Crippen molar-refractivity contribution in [2.45, 2.75) is 28.7 Å². The Labute approximate surface area is 270 Å². The van der Waals surface area contributed by atoms with E-state index in [4.69, 9.17) is 0 Å². The van der Waals surface area contributed by atoms with Crippen LogP contribution in [0.5, 0.6) is 0 Å². The zero-order chi connectivity index (χ0) is 31.4. The molecule has 1 N–H and O–H groups in total. The van der Waals surface area contributed by atoms with Crippen LogP contribution >= 0.6 is 11.8 Å². The second-order valence-electron chi connectivity index (χ2n) is 12.1.